The molecular weight excluding hydrogens is 360 g/mol. The first-order valence-corrected chi connectivity index (χ1v) is 12.6. The first-order chi connectivity index (χ1) is 14.4. The molecule has 0 unspecified atom stereocenters. The Kier molecular flexibility index (Phi) is 18.4. The smallest absolute Gasteiger partial charge is 0.247 e. The molecule has 0 saturated carbocycles. The fourth-order valence-electron chi connectivity index (χ4n) is 3.61. The highest BCUT2D eigenvalue weighted by molar-refractivity contribution is 4.63. The van der Waals surface area contributed by atoms with E-state index in [1.54, 1.807) is 0 Å². The number of nitrogens with zero attached hydrogens (tertiary/aromatic N) is 2. The van der Waals surface area contributed by atoms with E-state index in [0.29, 0.717) is 13.5 Å². The van der Waals surface area contributed by atoms with Crippen LogP contribution in [0.15, 0.2) is 18.7 Å². The van der Waals surface area contributed by atoms with Gasteiger partial charge in [-0.25, -0.2) is 9.13 Å². The van der Waals surface area contributed by atoms with Crippen molar-refractivity contribution in [3.05, 3.63) is 18.7 Å². The monoisotopic (exact) mass is 409 g/mol. The summed E-state index contributed by atoms with van der Waals surface area (Å²) in [5, 5.41) is 0. The Hall–Kier alpha value is -0.870. The third-order valence-electron chi connectivity index (χ3n) is 5.51. The molecule has 0 bridgehead atoms. The predicted octanol–water partition coefficient (Wildman–Crippen LogP) is 7.01. The van der Waals surface area contributed by atoms with Crippen LogP contribution in [0, 0.1) is 0 Å². The Morgan fingerprint density at radius 1 is 0.621 bits per heavy atom. The second kappa shape index (κ2) is 20.4. The van der Waals surface area contributed by atoms with Crippen LogP contribution >= 0.6 is 0 Å². The van der Waals surface area contributed by atoms with Gasteiger partial charge in [-0.05, 0) is 12.8 Å². The molecule has 0 N–H and O–H groups in total. The van der Waals surface area contributed by atoms with Crippen LogP contribution < -0.4 is 4.57 Å². The molecule has 0 spiro atoms. The van der Waals surface area contributed by atoms with Crippen molar-refractivity contribution in [1.29, 1.82) is 0 Å². The second-order valence-electron chi connectivity index (χ2n) is 8.47. The molecule has 170 valence electrons. The molecule has 1 aromatic rings. The van der Waals surface area contributed by atoms with Crippen molar-refractivity contribution in [2.45, 2.75) is 130 Å². The van der Waals surface area contributed by atoms with Gasteiger partial charge in [0.2, 0.25) is 6.33 Å². The van der Waals surface area contributed by atoms with Gasteiger partial charge in [-0.15, -0.1) is 0 Å². The van der Waals surface area contributed by atoms with Crippen LogP contribution in [0.3, 0.4) is 0 Å². The van der Waals surface area contributed by atoms with Crippen LogP contribution in [0.2, 0.25) is 0 Å². The quantitative estimate of drug-likeness (QED) is 0.152. The average Bonchev–Trinajstić information content (AvgIpc) is 3.18. The minimum absolute atomic E-state index is 0.640. The van der Waals surface area contributed by atoms with Gasteiger partial charge in [-0.2, -0.15) is 0 Å². The molecule has 4 nitrogen and oxygen atoms in total. The third kappa shape index (κ3) is 16.6. The lowest BCUT2D eigenvalue weighted by atomic mass is 10.1. The summed E-state index contributed by atoms with van der Waals surface area (Å²) in [5.41, 5.74) is 0. The third-order valence-corrected chi connectivity index (χ3v) is 5.51. The van der Waals surface area contributed by atoms with E-state index < -0.39 is 0 Å². The molecule has 1 aromatic heterocycles. The number of ether oxygens (including phenoxy) is 2. The normalized spacial score (nSPS) is 11.4. The van der Waals surface area contributed by atoms with Crippen LogP contribution in [0.25, 0.3) is 0 Å². The molecule has 1 rings (SSSR count). The first kappa shape index (κ1) is 26.2. The second-order valence-corrected chi connectivity index (χ2v) is 8.47. The Labute approximate surface area is 181 Å². The van der Waals surface area contributed by atoms with E-state index in [2.05, 4.69) is 41.7 Å². The Morgan fingerprint density at radius 3 is 1.66 bits per heavy atom. The summed E-state index contributed by atoms with van der Waals surface area (Å²) in [5.74, 6) is 0. The average molecular weight is 410 g/mol. The molecule has 0 aliphatic carbocycles. The summed E-state index contributed by atoms with van der Waals surface area (Å²) in [4.78, 5) is 0. The van der Waals surface area contributed by atoms with Crippen molar-refractivity contribution in [3.8, 4) is 0 Å². The van der Waals surface area contributed by atoms with Gasteiger partial charge < -0.3 is 9.47 Å². The number of aromatic nitrogens is 2. The number of unbranched alkanes of at least 4 members (excludes halogenated alkanes) is 14. The van der Waals surface area contributed by atoms with Crippen molar-refractivity contribution in [3.63, 3.8) is 0 Å². The zero-order valence-corrected chi connectivity index (χ0v) is 19.6. The molecular formula is C25H49N2O2+. The maximum Gasteiger partial charge on any atom is 0.247 e. The zero-order valence-electron chi connectivity index (χ0n) is 19.6. The Balaban J connectivity index is 1.88. The highest BCUT2D eigenvalue weighted by atomic mass is 16.5. The summed E-state index contributed by atoms with van der Waals surface area (Å²) < 4.78 is 15.8. The van der Waals surface area contributed by atoms with Crippen molar-refractivity contribution in [2.24, 2.45) is 0 Å². The fourth-order valence-corrected chi connectivity index (χ4v) is 3.61. The maximum absolute atomic E-state index is 5.79. The zero-order chi connectivity index (χ0) is 20.8. The molecule has 0 atom stereocenters. The molecule has 0 aromatic carbocycles. The predicted molar refractivity (Wildman–Crippen MR) is 122 cm³/mol. The lowest BCUT2D eigenvalue weighted by Crippen LogP contribution is -2.32. The summed E-state index contributed by atoms with van der Waals surface area (Å²) >= 11 is 0. The first-order valence-electron chi connectivity index (χ1n) is 12.6. The van der Waals surface area contributed by atoms with Gasteiger partial charge in [0, 0.05) is 0 Å². The standard InChI is InChI=1S/C25H49N2O2/c1-3-5-7-9-11-13-15-17-21-28-24-26-19-20-27(23-26)25-29-22-18-16-14-12-10-8-6-4-2/h19-20,23H,3-18,21-22,24-25H2,1-2H3/q+1. The number of rotatable bonds is 22. The minimum Gasteiger partial charge on any atom is -0.342 e. The van der Waals surface area contributed by atoms with Gasteiger partial charge in [0.1, 0.15) is 12.4 Å². The molecule has 0 aliphatic heterocycles. The number of hydrogen-bond donors (Lipinski definition) is 0. The highest BCUT2D eigenvalue weighted by Gasteiger charge is 2.03. The van der Waals surface area contributed by atoms with Crippen molar-refractivity contribution in [1.82, 2.24) is 4.57 Å². The van der Waals surface area contributed by atoms with E-state index >= 15 is 0 Å². The topological polar surface area (TPSA) is 27.3 Å². The van der Waals surface area contributed by atoms with Gasteiger partial charge >= 0.3 is 0 Å². The minimum atomic E-state index is 0.640. The van der Waals surface area contributed by atoms with Crippen LogP contribution in [-0.4, -0.2) is 17.8 Å². The highest BCUT2D eigenvalue weighted by Crippen LogP contribution is 2.09. The van der Waals surface area contributed by atoms with Gasteiger partial charge in [0.05, 0.1) is 13.2 Å². The summed E-state index contributed by atoms with van der Waals surface area (Å²) in [6, 6.07) is 0. The molecule has 4 heteroatoms. The number of imidazole rings is 1. The molecule has 0 saturated heterocycles. The van der Waals surface area contributed by atoms with Crippen LogP contribution in [0.1, 0.15) is 117 Å². The summed E-state index contributed by atoms with van der Waals surface area (Å²) in [6.45, 7) is 7.55. The van der Waals surface area contributed by atoms with Gasteiger partial charge in [0.15, 0.2) is 13.5 Å². The van der Waals surface area contributed by atoms with Crippen LogP contribution in [0.5, 0.6) is 0 Å². The van der Waals surface area contributed by atoms with Crippen LogP contribution in [0.4, 0.5) is 0 Å². The molecule has 0 radical (unpaired) electrons. The lowest BCUT2D eigenvalue weighted by Gasteiger charge is -2.03. The molecule has 1 heterocycles. The van der Waals surface area contributed by atoms with Gasteiger partial charge in [0.25, 0.3) is 0 Å². The fraction of sp³-hybridized carbons (Fsp3) is 0.880. The van der Waals surface area contributed by atoms with Crippen LogP contribution in [-0.2, 0) is 22.9 Å². The van der Waals surface area contributed by atoms with Crippen molar-refractivity contribution < 1.29 is 14.0 Å². The molecule has 0 fully saturated rings. The molecule has 0 aliphatic rings. The van der Waals surface area contributed by atoms with Crippen molar-refractivity contribution >= 4 is 0 Å². The summed E-state index contributed by atoms with van der Waals surface area (Å²) in [6.07, 6.45) is 27.7. The van der Waals surface area contributed by atoms with E-state index in [0.717, 1.165) is 13.2 Å². The molecule has 0 amide bonds. The molecule has 29 heavy (non-hydrogen) atoms. The van der Waals surface area contributed by atoms with E-state index in [1.807, 2.05) is 0 Å². The van der Waals surface area contributed by atoms with Crippen molar-refractivity contribution in [2.75, 3.05) is 13.2 Å². The maximum atomic E-state index is 5.79. The summed E-state index contributed by atoms with van der Waals surface area (Å²) in [7, 11) is 0. The number of hydrogen-bond acceptors (Lipinski definition) is 2. The van der Waals surface area contributed by atoms with E-state index in [9.17, 15) is 0 Å². The van der Waals surface area contributed by atoms with Gasteiger partial charge in [-0.3, -0.25) is 0 Å². The van der Waals surface area contributed by atoms with Gasteiger partial charge in [-0.1, -0.05) is 104 Å². The van der Waals surface area contributed by atoms with E-state index in [-0.39, 0.29) is 0 Å². The Bertz CT molecular complexity index is 409. The van der Waals surface area contributed by atoms with E-state index in [4.69, 9.17) is 9.47 Å². The van der Waals surface area contributed by atoms with E-state index in [1.165, 1.54) is 103 Å². The SMILES string of the molecule is CCCCCCCCCCOCn1cc[n+](COCCCCCCCCCC)c1. The largest absolute Gasteiger partial charge is 0.342 e. The lowest BCUT2D eigenvalue weighted by molar-refractivity contribution is -0.732. The Morgan fingerprint density at radius 2 is 1.10 bits per heavy atom.